The molecule has 0 unspecified atom stereocenters. The van der Waals surface area contributed by atoms with Crippen LogP contribution in [0.5, 0.6) is 0 Å². The second-order valence-electron chi connectivity index (χ2n) is 5.02. The van der Waals surface area contributed by atoms with Gasteiger partial charge in [0.15, 0.2) is 0 Å². The zero-order valence-electron chi connectivity index (χ0n) is 10.7. The smallest absolute Gasteiger partial charge is 0.273 e. The van der Waals surface area contributed by atoms with Crippen molar-refractivity contribution in [2.45, 2.75) is 31.6 Å². The summed E-state index contributed by atoms with van der Waals surface area (Å²) in [5.74, 6) is 0.545. The third-order valence-corrected chi connectivity index (χ3v) is 3.74. The molecule has 4 heteroatoms. The molecule has 1 aliphatic carbocycles. The minimum atomic E-state index is -0.161. The number of hydrogen-bond donors (Lipinski definition) is 2. The van der Waals surface area contributed by atoms with Crippen LogP contribution in [-0.4, -0.2) is 15.9 Å². The predicted octanol–water partition coefficient (Wildman–Crippen LogP) is 3.32. The first-order valence-electron chi connectivity index (χ1n) is 6.72. The summed E-state index contributed by atoms with van der Waals surface area (Å²) in [7, 11) is 0. The summed E-state index contributed by atoms with van der Waals surface area (Å²) in [4.78, 5) is 18.5. The molecule has 2 N–H and O–H groups in total. The third kappa shape index (κ3) is 2.67. The number of carbonyl (C=O) groups is 1. The fraction of sp³-hybridized carbons (Fsp3) is 0.333. The molecule has 2 aromatic rings. The van der Waals surface area contributed by atoms with Gasteiger partial charge in [0.25, 0.3) is 5.91 Å². The molecule has 0 bridgehead atoms. The van der Waals surface area contributed by atoms with Gasteiger partial charge in [0.2, 0.25) is 0 Å². The molecule has 4 nitrogen and oxygen atoms in total. The van der Waals surface area contributed by atoms with Crippen LogP contribution in [0.15, 0.2) is 36.8 Å². The Labute approximate surface area is 112 Å². The van der Waals surface area contributed by atoms with Gasteiger partial charge in [-0.2, -0.15) is 0 Å². The first-order valence-corrected chi connectivity index (χ1v) is 6.72. The lowest BCUT2D eigenvalue weighted by Gasteiger charge is -2.10. The first-order chi connectivity index (χ1) is 9.33. The molecular formula is C15H17N3O. The molecule has 1 aromatic carbocycles. The lowest BCUT2D eigenvalue weighted by atomic mass is 9.98. The topological polar surface area (TPSA) is 57.8 Å². The maximum absolute atomic E-state index is 11.8. The molecule has 1 fully saturated rings. The molecule has 0 spiro atoms. The van der Waals surface area contributed by atoms with Crippen molar-refractivity contribution in [3.63, 3.8) is 0 Å². The van der Waals surface area contributed by atoms with Gasteiger partial charge in [0.05, 0.1) is 12.5 Å². The largest absolute Gasteiger partial charge is 0.341 e. The van der Waals surface area contributed by atoms with Crippen molar-refractivity contribution in [2.24, 2.45) is 0 Å². The lowest BCUT2D eigenvalue weighted by Crippen LogP contribution is -2.12. The first kappa shape index (κ1) is 12.0. The SMILES string of the molecule is O=C(Nc1ccc(C2CCCC2)cc1)c1cnc[nH]1. The van der Waals surface area contributed by atoms with Gasteiger partial charge in [-0.15, -0.1) is 0 Å². The minimum Gasteiger partial charge on any atom is -0.341 e. The van der Waals surface area contributed by atoms with Gasteiger partial charge >= 0.3 is 0 Å². The molecule has 1 amide bonds. The fourth-order valence-electron chi connectivity index (χ4n) is 2.68. The Bertz CT molecular complexity index is 539. The number of imidazole rings is 1. The number of hydrogen-bond acceptors (Lipinski definition) is 2. The van der Waals surface area contributed by atoms with Crippen molar-refractivity contribution >= 4 is 11.6 Å². The van der Waals surface area contributed by atoms with Crippen LogP contribution >= 0.6 is 0 Å². The Morgan fingerprint density at radius 1 is 1.21 bits per heavy atom. The number of nitrogens with one attached hydrogen (secondary N) is 2. The number of aromatic amines is 1. The quantitative estimate of drug-likeness (QED) is 0.883. The van der Waals surface area contributed by atoms with E-state index >= 15 is 0 Å². The fourth-order valence-corrected chi connectivity index (χ4v) is 2.68. The van der Waals surface area contributed by atoms with Crippen molar-refractivity contribution < 1.29 is 4.79 Å². The highest BCUT2D eigenvalue weighted by atomic mass is 16.1. The summed E-state index contributed by atoms with van der Waals surface area (Å²) in [5.41, 5.74) is 2.68. The number of amides is 1. The van der Waals surface area contributed by atoms with E-state index in [9.17, 15) is 4.79 Å². The molecule has 19 heavy (non-hydrogen) atoms. The predicted molar refractivity (Wildman–Crippen MR) is 74.2 cm³/mol. The number of rotatable bonds is 3. The van der Waals surface area contributed by atoms with E-state index in [4.69, 9.17) is 0 Å². The van der Waals surface area contributed by atoms with Crippen molar-refractivity contribution in [1.82, 2.24) is 9.97 Å². The average Bonchev–Trinajstić information content (AvgIpc) is 3.13. The molecule has 0 atom stereocenters. The molecule has 1 aliphatic rings. The van der Waals surface area contributed by atoms with Gasteiger partial charge in [0.1, 0.15) is 5.69 Å². The summed E-state index contributed by atoms with van der Waals surface area (Å²) in [6, 6.07) is 8.20. The van der Waals surface area contributed by atoms with Crippen molar-refractivity contribution in [3.05, 3.63) is 48.0 Å². The number of aromatic nitrogens is 2. The lowest BCUT2D eigenvalue weighted by molar-refractivity contribution is 0.102. The summed E-state index contributed by atoms with van der Waals surface area (Å²) in [6.07, 6.45) is 8.27. The molecule has 0 aliphatic heterocycles. The van der Waals surface area contributed by atoms with Crippen LogP contribution in [0, 0.1) is 0 Å². The highest BCUT2D eigenvalue weighted by molar-refractivity contribution is 6.02. The van der Waals surface area contributed by atoms with Crippen LogP contribution in [0.25, 0.3) is 0 Å². The summed E-state index contributed by atoms with van der Waals surface area (Å²) >= 11 is 0. The monoisotopic (exact) mass is 255 g/mol. The zero-order chi connectivity index (χ0) is 13.1. The number of carbonyl (C=O) groups excluding carboxylic acids is 1. The molecule has 0 radical (unpaired) electrons. The Morgan fingerprint density at radius 3 is 2.58 bits per heavy atom. The van der Waals surface area contributed by atoms with Gasteiger partial charge < -0.3 is 10.3 Å². The maximum Gasteiger partial charge on any atom is 0.273 e. The molecule has 0 saturated heterocycles. The maximum atomic E-state index is 11.8. The van der Waals surface area contributed by atoms with E-state index in [1.165, 1.54) is 43.8 Å². The van der Waals surface area contributed by atoms with Crippen LogP contribution in [0.2, 0.25) is 0 Å². The Kier molecular flexibility index (Phi) is 3.31. The second-order valence-corrected chi connectivity index (χ2v) is 5.02. The normalized spacial score (nSPS) is 15.6. The summed E-state index contributed by atoms with van der Waals surface area (Å²) in [6.45, 7) is 0. The van der Waals surface area contributed by atoms with E-state index in [0.29, 0.717) is 11.6 Å². The molecular weight excluding hydrogens is 238 g/mol. The van der Waals surface area contributed by atoms with Gasteiger partial charge in [-0.3, -0.25) is 4.79 Å². The van der Waals surface area contributed by atoms with E-state index in [-0.39, 0.29) is 5.91 Å². The van der Waals surface area contributed by atoms with E-state index in [2.05, 4.69) is 27.4 Å². The molecule has 1 saturated carbocycles. The number of anilines is 1. The highest BCUT2D eigenvalue weighted by Gasteiger charge is 2.16. The van der Waals surface area contributed by atoms with Crippen molar-refractivity contribution in [2.75, 3.05) is 5.32 Å². The number of benzene rings is 1. The molecule has 98 valence electrons. The van der Waals surface area contributed by atoms with Crippen LogP contribution in [0.3, 0.4) is 0 Å². The minimum absolute atomic E-state index is 0.161. The van der Waals surface area contributed by atoms with Crippen LogP contribution < -0.4 is 5.32 Å². The third-order valence-electron chi connectivity index (χ3n) is 3.74. The van der Waals surface area contributed by atoms with Crippen LogP contribution in [0.4, 0.5) is 5.69 Å². The standard InChI is InChI=1S/C15H17N3O/c19-15(14-9-16-10-17-14)18-13-7-5-12(6-8-13)11-3-1-2-4-11/h5-11H,1-4H2,(H,16,17)(H,18,19). The summed E-state index contributed by atoms with van der Waals surface area (Å²) in [5, 5.41) is 2.85. The number of nitrogens with zero attached hydrogens (tertiary/aromatic N) is 1. The van der Waals surface area contributed by atoms with Crippen LogP contribution in [0.1, 0.15) is 47.7 Å². The summed E-state index contributed by atoms with van der Waals surface area (Å²) < 4.78 is 0. The van der Waals surface area contributed by atoms with Gasteiger partial charge in [-0.1, -0.05) is 25.0 Å². The van der Waals surface area contributed by atoms with E-state index in [1.54, 1.807) is 0 Å². The molecule has 3 rings (SSSR count). The van der Waals surface area contributed by atoms with Crippen molar-refractivity contribution in [1.29, 1.82) is 0 Å². The zero-order valence-corrected chi connectivity index (χ0v) is 10.7. The average molecular weight is 255 g/mol. The van der Waals surface area contributed by atoms with E-state index in [1.807, 2.05) is 12.1 Å². The highest BCUT2D eigenvalue weighted by Crippen LogP contribution is 2.34. The Balaban J connectivity index is 1.67. The molecule has 1 heterocycles. The van der Waals surface area contributed by atoms with Gasteiger partial charge in [0, 0.05) is 5.69 Å². The van der Waals surface area contributed by atoms with Crippen molar-refractivity contribution in [3.8, 4) is 0 Å². The van der Waals surface area contributed by atoms with Gasteiger partial charge in [-0.05, 0) is 36.5 Å². The molecule has 1 aromatic heterocycles. The second kappa shape index (κ2) is 5.26. The number of H-pyrrole nitrogens is 1. The van der Waals surface area contributed by atoms with Crippen LogP contribution in [-0.2, 0) is 0 Å². The van der Waals surface area contributed by atoms with E-state index in [0.717, 1.165) is 5.69 Å². The Morgan fingerprint density at radius 2 is 1.95 bits per heavy atom. The van der Waals surface area contributed by atoms with E-state index < -0.39 is 0 Å². The van der Waals surface area contributed by atoms with Gasteiger partial charge in [-0.25, -0.2) is 4.98 Å². The Hall–Kier alpha value is -2.10.